The van der Waals surface area contributed by atoms with Crippen molar-refractivity contribution in [1.29, 1.82) is 0 Å². The van der Waals surface area contributed by atoms with E-state index < -0.39 is 10.0 Å². The van der Waals surface area contributed by atoms with Crippen LogP contribution in [-0.4, -0.2) is 53.0 Å². The summed E-state index contributed by atoms with van der Waals surface area (Å²) >= 11 is 0. The number of nitrogens with zero attached hydrogens (tertiary/aromatic N) is 1. The number of amides is 1. The fourth-order valence-corrected chi connectivity index (χ4v) is 4.54. The molecular weight excluding hydrogens is 408 g/mol. The number of benzene rings is 2. The fraction of sp³-hybridized carbons (Fsp3) is 0.381. The molecule has 9 heteroatoms. The van der Waals surface area contributed by atoms with Crippen LogP contribution in [0.3, 0.4) is 0 Å². The molecule has 0 radical (unpaired) electrons. The van der Waals surface area contributed by atoms with Crippen LogP contribution in [0.15, 0.2) is 41.3 Å². The van der Waals surface area contributed by atoms with Crippen molar-refractivity contribution in [1.82, 2.24) is 9.62 Å². The van der Waals surface area contributed by atoms with Gasteiger partial charge in [-0.1, -0.05) is 19.9 Å². The highest BCUT2D eigenvalue weighted by Crippen LogP contribution is 2.38. The summed E-state index contributed by atoms with van der Waals surface area (Å²) in [5, 5.41) is 2.79. The third-order valence-corrected chi connectivity index (χ3v) is 6.66. The second kappa shape index (κ2) is 10.3. The summed E-state index contributed by atoms with van der Waals surface area (Å²) in [6, 6.07) is 9.49. The molecule has 30 heavy (non-hydrogen) atoms. The van der Waals surface area contributed by atoms with Crippen LogP contribution in [0.2, 0.25) is 0 Å². The van der Waals surface area contributed by atoms with Crippen molar-refractivity contribution < 1.29 is 27.4 Å². The molecular formula is C21H28N2O6S. The lowest BCUT2D eigenvalue weighted by Gasteiger charge is -2.18. The van der Waals surface area contributed by atoms with Gasteiger partial charge in [0, 0.05) is 25.2 Å². The summed E-state index contributed by atoms with van der Waals surface area (Å²) in [7, 11) is 0.902. The third kappa shape index (κ3) is 5.03. The van der Waals surface area contributed by atoms with E-state index in [1.807, 2.05) is 0 Å². The van der Waals surface area contributed by atoms with E-state index in [2.05, 4.69) is 5.32 Å². The standard InChI is InChI=1S/C21H28N2O6S/c1-6-23(7-2)30(25,26)17-10-8-9-16(13-17)21(24)22-14-15-11-18(27-3)20(29-5)19(12-15)28-4/h8-13H,6-7,14H2,1-5H3,(H,22,24). The van der Waals surface area contributed by atoms with Crippen molar-refractivity contribution in [2.24, 2.45) is 0 Å². The first kappa shape index (κ1) is 23.5. The molecule has 0 fully saturated rings. The second-order valence-electron chi connectivity index (χ2n) is 6.33. The smallest absolute Gasteiger partial charge is 0.251 e. The Kier molecular flexibility index (Phi) is 8.08. The predicted octanol–water partition coefficient (Wildman–Crippen LogP) is 2.67. The van der Waals surface area contributed by atoms with E-state index in [0.29, 0.717) is 30.3 Å². The molecule has 0 atom stereocenters. The Morgan fingerprint density at radius 2 is 1.57 bits per heavy atom. The average molecular weight is 437 g/mol. The highest BCUT2D eigenvalue weighted by atomic mass is 32.2. The zero-order valence-electron chi connectivity index (χ0n) is 17.9. The average Bonchev–Trinajstić information content (AvgIpc) is 2.77. The Balaban J connectivity index is 2.22. The molecule has 8 nitrogen and oxygen atoms in total. The van der Waals surface area contributed by atoms with Gasteiger partial charge in [-0.3, -0.25) is 4.79 Å². The van der Waals surface area contributed by atoms with Crippen LogP contribution in [-0.2, 0) is 16.6 Å². The Bertz CT molecular complexity index is 962. The summed E-state index contributed by atoms with van der Waals surface area (Å²) in [4.78, 5) is 12.7. The van der Waals surface area contributed by atoms with Crippen molar-refractivity contribution in [3.05, 3.63) is 47.5 Å². The van der Waals surface area contributed by atoms with Gasteiger partial charge in [-0.15, -0.1) is 0 Å². The molecule has 0 aliphatic carbocycles. The molecule has 2 aromatic rings. The zero-order chi connectivity index (χ0) is 22.3. The van der Waals surface area contributed by atoms with Crippen LogP contribution in [0.1, 0.15) is 29.8 Å². The van der Waals surface area contributed by atoms with Gasteiger partial charge >= 0.3 is 0 Å². The molecule has 2 rings (SSSR count). The number of hydrogen-bond acceptors (Lipinski definition) is 6. The van der Waals surface area contributed by atoms with E-state index in [4.69, 9.17) is 14.2 Å². The number of ether oxygens (including phenoxy) is 3. The fourth-order valence-electron chi connectivity index (χ4n) is 3.03. The first-order valence-electron chi connectivity index (χ1n) is 9.49. The first-order valence-corrected chi connectivity index (χ1v) is 10.9. The van der Waals surface area contributed by atoms with Crippen LogP contribution < -0.4 is 19.5 Å². The van der Waals surface area contributed by atoms with Gasteiger partial charge in [-0.05, 0) is 35.9 Å². The molecule has 1 amide bonds. The van der Waals surface area contributed by atoms with E-state index in [-0.39, 0.29) is 22.9 Å². The zero-order valence-corrected chi connectivity index (χ0v) is 18.7. The molecule has 0 aliphatic heterocycles. The Labute approximate surface area is 177 Å². The molecule has 0 aliphatic rings. The van der Waals surface area contributed by atoms with Crippen molar-refractivity contribution in [2.75, 3.05) is 34.4 Å². The Morgan fingerprint density at radius 1 is 0.967 bits per heavy atom. The van der Waals surface area contributed by atoms with Crippen LogP contribution in [0.4, 0.5) is 0 Å². The highest BCUT2D eigenvalue weighted by molar-refractivity contribution is 7.89. The van der Waals surface area contributed by atoms with Gasteiger partial charge in [0.25, 0.3) is 5.91 Å². The Hall–Kier alpha value is -2.78. The second-order valence-corrected chi connectivity index (χ2v) is 8.27. The summed E-state index contributed by atoms with van der Waals surface area (Å²) in [6.07, 6.45) is 0. The lowest BCUT2D eigenvalue weighted by atomic mass is 10.1. The molecule has 2 aromatic carbocycles. The van der Waals surface area contributed by atoms with Crippen molar-refractivity contribution in [2.45, 2.75) is 25.3 Å². The van der Waals surface area contributed by atoms with Crippen LogP contribution in [0.25, 0.3) is 0 Å². The topological polar surface area (TPSA) is 94.2 Å². The van der Waals surface area contributed by atoms with Gasteiger partial charge in [0.1, 0.15) is 0 Å². The third-order valence-electron chi connectivity index (χ3n) is 4.62. The van der Waals surface area contributed by atoms with Gasteiger partial charge < -0.3 is 19.5 Å². The molecule has 0 unspecified atom stereocenters. The van der Waals surface area contributed by atoms with E-state index >= 15 is 0 Å². The monoisotopic (exact) mass is 436 g/mol. The lowest BCUT2D eigenvalue weighted by Crippen LogP contribution is -2.31. The Morgan fingerprint density at radius 3 is 2.07 bits per heavy atom. The molecule has 0 saturated carbocycles. The number of carbonyl (C=O) groups excluding carboxylic acids is 1. The number of carbonyl (C=O) groups is 1. The van der Waals surface area contributed by atoms with Gasteiger partial charge in [0.2, 0.25) is 15.8 Å². The minimum atomic E-state index is -3.64. The number of sulfonamides is 1. The van der Waals surface area contributed by atoms with Gasteiger partial charge in [-0.2, -0.15) is 4.31 Å². The molecule has 1 N–H and O–H groups in total. The SMILES string of the molecule is CCN(CC)S(=O)(=O)c1cccc(C(=O)NCc2cc(OC)c(OC)c(OC)c2)c1. The minimum Gasteiger partial charge on any atom is -0.493 e. The van der Waals surface area contributed by atoms with Gasteiger partial charge in [-0.25, -0.2) is 8.42 Å². The molecule has 0 aromatic heterocycles. The largest absolute Gasteiger partial charge is 0.493 e. The summed E-state index contributed by atoms with van der Waals surface area (Å²) in [5.41, 5.74) is 1.00. The number of nitrogens with one attached hydrogen (secondary N) is 1. The molecule has 0 spiro atoms. The normalized spacial score (nSPS) is 11.3. The van der Waals surface area contributed by atoms with Crippen LogP contribution in [0, 0.1) is 0 Å². The summed E-state index contributed by atoms with van der Waals surface area (Å²) in [6.45, 7) is 4.46. The van der Waals surface area contributed by atoms with Crippen LogP contribution in [0.5, 0.6) is 17.2 Å². The molecule has 164 valence electrons. The lowest BCUT2D eigenvalue weighted by molar-refractivity contribution is 0.0950. The van der Waals surface area contributed by atoms with E-state index in [1.54, 1.807) is 38.1 Å². The van der Waals surface area contributed by atoms with Gasteiger partial charge in [0.05, 0.1) is 26.2 Å². The molecule has 0 heterocycles. The number of hydrogen-bond donors (Lipinski definition) is 1. The maximum atomic E-state index is 12.7. The van der Waals surface area contributed by atoms with Crippen molar-refractivity contribution >= 4 is 15.9 Å². The molecule has 0 saturated heterocycles. The van der Waals surface area contributed by atoms with E-state index in [0.717, 1.165) is 5.56 Å². The maximum absolute atomic E-state index is 12.7. The van der Waals surface area contributed by atoms with E-state index in [9.17, 15) is 13.2 Å². The van der Waals surface area contributed by atoms with Crippen molar-refractivity contribution in [3.63, 3.8) is 0 Å². The van der Waals surface area contributed by atoms with Gasteiger partial charge in [0.15, 0.2) is 11.5 Å². The molecule has 0 bridgehead atoms. The number of rotatable bonds is 10. The summed E-state index contributed by atoms with van der Waals surface area (Å²) in [5.74, 6) is 1.03. The quantitative estimate of drug-likeness (QED) is 0.615. The minimum absolute atomic E-state index is 0.0895. The summed E-state index contributed by atoms with van der Waals surface area (Å²) < 4.78 is 42.7. The number of methoxy groups -OCH3 is 3. The first-order chi connectivity index (χ1) is 14.3. The van der Waals surface area contributed by atoms with Crippen LogP contribution >= 0.6 is 0 Å². The predicted molar refractivity (Wildman–Crippen MR) is 114 cm³/mol. The maximum Gasteiger partial charge on any atom is 0.251 e. The highest BCUT2D eigenvalue weighted by Gasteiger charge is 2.22. The van der Waals surface area contributed by atoms with E-state index in [1.165, 1.54) is 37.8 Å². The van der Waals surface area contributed by atoms with Crippen molar-refractivity contribution in [3.8, 4) is 17.2 Å².